The van der Waals surface area contributed by atoms with Crippen LogP contribution < -0.4 is 5.32 Å². The molecule has 1 aromatic rings. The predicted molar refractivity (Wildman–Crippen MR) is 60.4 cm³/mol. The van der Waals surface area contributed by atoms with E-state index in [0.29, 0.717) is 0 Å². The summed E-state index contributed by atoms with van der Waals surface area (Å²) < 4.78 is 0. The number of phenols is 1. The highest BCUT2D eigenvalue weighted by atomic mass is 16.3. The highest BCUT2D eigenvalue weighted by molar-refractivity contribution is 5.52. The minimum Gasteiger partial charge on any atom is -0.506 e. The molecule has 0 amide bonds. The topological polar surface area (TPSA) is 61.7 Å². The highest BCUT2D eigenvalue weighted by Gasteiger charge is 2.02. The molecule has 0 aliphatic carbocycles. The molecule has 0 saturated heterocycles. The summed E-state index contributed by atoms with van der Waals surface area (Å²) in [5, 5.41) is 15.3. The van der Waals surface area contributed by atoms with Crippen LogP contribution in [-0.2, 0) is 6.42 Å². The van der Waals surface area contributed by atoms with Crippen molar-refractivity contribution < 1.29 is 5.11 Å². The molecule has 0 unspecified atom stereocenters. The minimum absolute atomic E-state index is 0.0599. The van der Waals surface area contributed by atoms with Gasteiger partial charge in [0, 0.05) is 0 Å². The molecule has 4 nitrogen and oxygen atoms in total. The molecular weight excluding hydrogens is 192 g/mol. The van der Waals surface area contributed by atoms with Crippen molar-refractivity contribution >= 4 is 5.69 Å². The van der Waals surface area contributed by atoms with Crippen LogP contribution in [-0.4, -0.2) is 18.2 Å². The molecule has 4 heteroatoms. The number of phenolic OH excluding ortho intramolecular Hbond substituents is 1. The Labute approximate surface area is 89.3 Å². The summed E-state index contributed by atoms with van der Waals surface area (Å²) in [4.78, 5) is 10.3. The minimum atomic E-state index is -0.0599. The molecule has 82 valence electrons. The van der Waals surface area contributed by atoms with Gasteiger partial charge >= 0.3 is 0 Å². The van der Waals surface area contributed by atoms with Gasteiger partial charge in [0.05, 0.1) is 0 Å². The van der Waals surface area contributed by atoms with E-state index in [9.17, 15) is 10.0 Å². The van der Waals surface area contributed by atoms with E-state index in [1.807, 2.05) is 0 Å². The summed E-state index contributed by atoms with van der Waals surface area (Å²) in [5.74, 6) is -0.0599. The number of hydrogen-bond donors (Lipinski definition) is 2. The molecule has 0 spiro atoms. The van der Waals surface area contributed by atoms with Crippen molar-refractivity contribution in [2.75, 3.05) is 13.1 Å². The lowest BCUT2D eigenvalue weighted by atomic mass is 10.1. The number of nitroso groups, excluding NO2 is 1. The van der Waals surface area contributed by atoms with Crippen LogP contribution >= 0.6 is 0 Å². The average molecular weight is 208 g/mol. The molecule has 0 saturated carbocycles. The lowest BCUT2D eigenvalue weighted by molar-refractivity contribution is 0.476. The zero-order valence-corrected chi connectivity index (χ0v) is 8.86. The molecule has 0 atom stereocenters. The smallest absolute Gasteiger partial charge is 0.149 e. The van der Waals surface area contributed by atoms with E-state index < -0.39 is 0 Å². The first-order chi connectivity index (χ1) is 7.27. The van der Waals surface area contributed by atoms with Gasteiger partial charge in [0.2, 0.25) is 0 Å². The second-order valence-corrected chi connectivity index (χ2v) is 3.41. The fourth-order valence-electron chi connectivity index (χ4n) is 1.33. The number of benzene rings is 1. The maximum absolute atomic E-state index is 10.3. The average Bonchev–Trinajstić information content (AvgIpc) is 2.26. The fourth-order valence-corrected chi connectivity index (χ4v) is 1.33. The van der Waals surface area contributed by atoms with Crippen LogP contribution in [0, 0.1) is 4.91 Å². The highest BCUT2D eigenvalue weighted by Crippen LogP contribution is 2.26. The van der Waals surface area contributed by atoms with Crippen molar-refractivity contribution in [1.29, 1.82) is 0 Å². The number of hydrogen-bond acceptors (Lipinski definition) is 4. The SMILES string of the molecule is CCCNCCc1ccc(O)c(N=O)c1. The van der Waals surface area contributed by atoms with Crippen LogP contribution in [0.2, 0.25) is 0 Å². The molecule has 0 bridgehead atoms. The van der Waals surface area contributed by atoms with Gasteiger partial charge in [0.1, 0.15) is 11.4 Å². The van der Waals surface area contributed by atoms with E-state index in [4.69, 9.17) is 0 Å². The van der Waals surface area contributed by atoms with Gasteiger partial charge < -0.3 is 10.4 Å². The Bertz CT molecular complexity index is 326. The standard InChI is InChI=1S/C11H16N2O2/c1-2-6-12-7-5-9-3-4-11(14)10(8-9)13-15/h3-4,8,12,14H,2,5-7H2,1H3. The largest absolute Gasteiger partial charge is 0.506 e. The first-order valence-electron chi connectivity index (χ1n) is 5.14. The van der Waals surface area contributed by atoms with Gasteiger partial charge in [-0.2, -0.15) is 0 Å². The quantitative estimate of drug-likeness (QED) is 0.557. The summed E-state index contributed by atoms with van der Waals surface area (Å²) in [5.41, 5.74) is 1.12. The number of aromatic hydroxyl groups is 1. The summed E-state index contributed by atoms with van der Waals surface area (Å²) in [6.45, 7) is 3.98. The third-order valence-electron chi connectivity index (χ3n) is 2.16. The molecule has 0 radical (unpaired) electrons. The Morgan fingerprint density at radius 3 is 2.87 bits per heavy atom. The Balaban J connectivity index is 2.51. The first kappa shape index (κ1) is 11.7. The Kier molecular flexibility index (Phi) is 4.77. The Morgan fingerprint density at radius 1 is 1.40 bits per heavy atom. The van der Waals surface area contributed by atoms with Gasteiger partial charge in [-0.25, -0.2) is 0 Å². The van der Waals surface area contributed by atoms with Crippen LogP contribution in [0.1, 0.15) is 18.9 Å². The summed E-state index contributed by atoms with van der Waals surface area (Å²) in [6.07, 6.45) is 1.94. The molecule has 0 aromatic heterocycles. The Hall–Kier alpha value is -1.42. The molecule has 0 aliphatic rings. The Morgan fingerprint density at radius 2 is 2.20 bits per heavy atom. The predicted octanol–water partition coefficient (Wildman–Crippen LogP) is 2.33. The molecule has 0 fully saturated rings. The van der Waals surface area contributed by atoms with Gasteiger partial charge in [0.15, 0.2) is 0 Å². The molecule has 2 N–H and O–H groups in total. The second-order valence-electron chi connectivity index (χ2n) is 3.41. The van der Waals surface area contributed by atoms with Crippen LogP contribution in [0.15, 0.2) is 23.4 Å². The maximum atomic E-state index is 10.3. The lowest BCUT2D eigenvalue weighted by Crippen LogP contribution is -2.17. The first-order valence-corrected chi connectivity index (χ1v) is 5.14. The summed E-state index contributed by atoms with van der Waals surface area (Å²) >= 11 is 0. The number of nitrogens with zero attached hydrogens (tertiary/aromatic N) is 1. The van der Waals surface area contributed by atoms with Crippen molar-refractivity contribution in [3.05, 3.63) is 28.7 Å². The second kappa shape index (κ2) is 6.14. The van der Waals surface area contributed by atoms with Gasteiger partial charge in [0.25, 0.3) is 0 Å². The van der Waals surface area contributed by atoms with Gasteiger partial charge in [-0.1, -0.05) is 13.0 Å². The van der Waals surface area contributed by atoms with Crippen LogP contribution in [0.4, 0.5) is 5.69 Å². The van der Waals surface area contributed by atoms with Crippen molar-refractivity contribution in [2.45, 2.75) is 19.8 Å². The van der Waals surface area contributed by atoms with E-state index in [1.165, 1.54) is 6.07 Å². The normalized spacial score (nSPS) is 10.2. The van der Waals surface area contributed by atoms with E-state index in [-0.39, 0.29) is 11.4 Å². The molecule has 15 heavy (non-hydrogen) atoms. The van der Waals surface area contributed by atoms with Crippen LogP contribution in [0.25, 0.3) is 0 Å². The monoisotopic (exact) mass is 208 g/mol. The molecule has 1 rings (SSSR count). The molecular formula is C11H16N2O2. The fraction of sp³-hybridized carbons (Fsp3) is 0.455. The zero-order chi connectivity index (χ0) is 11.1. The van der Waals surface area contributed by atoms with Crippen LogP contribution in [0.3, 0.4) is 0 Å². The number of rotatable bonds is 6. The third-order valence-corrected chi connectivity index (χ3v) is 2.16. The van der Waals surface area contributed by atoms with Crippen molar-refractivity contribution in [3.8, 4) is 5.75 Å². The zero-order valence-electron chi connectivity index (χ0n) is 8.86. The molecule has 1 aromatic carbocycles. The summed E-state index contributed by atoms with van der Waals surface area (Å²) in [7, 11) is 0. The van der Waals surface area contributed by atoms with Gasteiger partial charge in [-0.3, -0.25) is 0 Å². The van der Waals surface area contributed by atoms with Gasteiger partial charge in [-0.05, 0) is 48.8 Å². The summed E-state index contributed by atoms with van der Waals surface area (Å²) in [6, 6.07) is 4.93. The van der Waals surface area contributed by atoms with Crippen molar-refractivity contribution in [1.82, 2.24) is 5.32 Å². The maximum Gasteiger partial charge on any atom is 0.149 e. The van der Waals surface area contributed by atoms with Crippen molar-refractivity contribution in [3.63, 3.8) is 0 Å². The van der Waals surface area contributed by atoms with Crippen molar-refractivity contribution in [2.24, 2.45) is 5.18 Å². The lowest BCUT2D eigenvalue weighted by Gasteiger charge is -2.04. The van der Waals surface area contributed by atoms with E-state index >= 15 is 0 Å². The van der Waals surface area contributed by atoms with Crippen LogP contribution in [0.5, 0.6) is 5.75 Å². The third kappa shape index (κ3) is 3.67. The van der Waals surface area contributed by atoms with E-state index in [0.717, 1.165) is 31.5 Å². The molecule has 0 heterocycles. The van der Waals surface area contributed by atoms with Gasteiger partial charge in [-0.15, -0.1) is 4.91 Å². The van der Waals surface area contributed by atoms with E-state index in [1.54, 1.807) is 12.1 Å². The van der Waals surface area contributed by atoms with E-state index in [2.05, 4.69) is 17.4 Å². The number of nitrogens with one attached hydrogen (secondary N) is 1. The molecule has 0 aliphatic heterocycles.